The summed E-state index contributed by atoms with van der Waals surface area (Å²) in [4.78, 5) is 0. The fraction of sp³-hybridized carbons (Fsp3) is 0.400. The van der Waals surface area contributed by atoms with E-state index in [9.17, 15) is 0 Å². The summed E-state index contributed by atoms with van der Waals surface area (Å²) in [7, 11) is 0. The first kappa shape index (κ1) is 20.2. The van der Waals surface area contributed by atoms with Crippen LogP contribution in [0.4, 0.5) is 0 Å². The number of benzene rings is 2. The lowest BCUT2D eigenvalue weighted by atomic mass is 9.99. The zero-order valence-corrected chi connectivity index (χ0v) is 16.2. The highest BCUT2D eigenvalue weighted by atomic mass is 35.5. The molecule has 2 rings (SSSR count). The van der Waals surface area contributed by atoms with E-state index in [1.54, 1.807) is 0 Å². The second kappa shape index (κ2) is 9.56. The summed E-state index contributed by atoms with van der Waals surface area (Å²) in [6.07, 6.45) is 1.17. The molecule has 0 aromatic heterocycles. The smallest absolute Gasteiger partial charge is 0.0848 e. The van der Waals surface area contributed by atoms with Gasteiger partial charge >= 0.3 is 0 Å². The van der Waals surface area contributed by atoms with Crippen molar-refractivity contribution < 1.29 is 4.74 Å². The number of halogens is 2. The van der Waals surface area contributed by atoms with Crippen molar-refractivity contribution in [1.29, 1.82) is 0 Å². The van der Waals surface area contributed by atoms with Gasteiger partial charge in [0.2, 0.25) is 0 Å². The standard InChI is InChI=1S/C20H26Cl2N2O/c1-13(23)11-19(15-3-7-17(21)8-4-15)25-20(12-14(2)24)16-5-9-18(22)10-6-16/h3-10,13-14,19-20H,11-12,23-24H2,1-2H3. The number of rotatable bonds is 8. The Balaban J connectivity index is 2.26. The van der Waals surface area contributed by atoms with Crippen molar-refractivity contribution in [2.75, 3.05) is 0 Å². The van der Waals surface area contributed by atoms with E-state index in [1.165, 1.54) is 0 Å². The third-order valence-electron chi connectivity index (χ3n) is 3.98. The van der Waals surface area contributed by atoms with Gasteiger partial charge in [-0.25, -0.2) is 0 Å². The lowest BCUT2D eigenvalue weighted by Crippen LogP contribution is -2.24. The average molecular weight is 381 g/mol. The van der Waals surface area contributed by atoms with Gasteiger partial charge in [-0.2, -0.15) is 0 Å². The van der Waals surface area contributed by atoms with Gasteiger partial charge in [-0.05, 0) is 62.1 Å². The third-order valence-corrected chi connectivity index (χ3v) is 4.49. The molecule has 0 fully saturated rings. The van der Waals surface area contributed by atoms with E-state index in [-0.39, 0.29) is 24.3 Å². The summed E-state index contributed by atoms with van der Waals surface area (Å²) >= 11 is 12.0. The van der Waals surface area contributed by atoms with E-state index in [0.717, 1.165) is 11.1 Å². The number of ether oxygens (including phenoxy) is 1. The van der Waals surface area contributed by atoms with E-state index in [2.05, 4.69) is 0 Å². The molecule has 4 N–H and O–H groups in total. The molecular weight excluding hydrogens is 355 g/mol. The fourth-order valence-electron chi connectivity index (χ4n) is 2.77. The lowest BCUT2D eigenvalue weighted by molar-refractivity contribution is -0.0286. The minimum atomic E-state index is -0.128. The van der Waals surface area contributed by atoms with Crippen LogP contribution in [0.2, 0.25) is 10.0 Å². The molecule has 5 heteroatoms. The Morgan fingerprint density at radius 3 is 1.32 bits per heavy atom. The van der Waals surface area contributed by atoms with Crippen molar-refractivity contribution in [3.8, 4) is 0 Å². The predicted octanol–water partition coefficient (Wildman–Crippen LogP) is 5.27. The molecule has 0 aliphatic rings. The van der Waals surface area contributed by atoms with Crippen LogP contribution >= 0.6 is 23.2 Å². The van der Waals surface area contributed by atoms with Gasteiger partial charge in [0.05, 0.1) is 12.2 Å². The Hall–Kier alpha value is -1.10. The average Bonchev–Trinajstić information content (AvgIpc) is 2.54. The molecule has 0 saturated carbocycles. The van der Waals surface area contributed by atoms with Gasteiger partial charge in [0.1, 0.15) is 0 Å². The lowest BCUT2D eigenvalue weighted by Gasteiger charge is -2.28. The maximum absolute atomic E-state index is 6.48. The van der Waals surface area contributed by atoms with Gasteiger partial charge < -0.3 is 16.2 Å². The fourth-order valence-corrected chi connectivity index (χ4v) is 3.02. The van der Waals surface area contributed by atoms with Crippen molar-refractivity contribution in [3.05, 3.63) is 69.7 Å². The Morgan fingerprint density at radius 1 is 0.720 bits per heavy atom. The topological polar surface area (TPSA) is 61.3 Å². The minimum Gasteiger partial charge on any atom is -0.365 e. The Bertz CT molecular complexity index is 584. The highest BCUT2D eigenvalue weighted by molar-refractivity contribution is 6.30. The predicted molar refractivity (Wildman–Crippen MR) is 106 cm³/mol. The summed E-state index contributed by atoms with van der Waals surface area (Å²) in [5, 5.41) is 1.40. The van der Waals surface area contributed by atoms with Crippen LogP contribution in [0, 0.1) is 0 Å². The van der Waals surface area contributed by atoms with E-state index < -0.39 is 0 Å². The van der Waals surface area contributed by atoms with Crippen LogP contribution in [0.3, 0.4) is 0 Å². The molecule has 0 heterocycles. The van der Waals surface area contributed by atoms with Gasteiger partial charge in [-0.15, -0.1) is 0 Å². The molecule has 0 aliphatic carbocycles. The normalized spacial score (nSPS) is 16.2. The van der Waals surface area contributed by atoms with Crippen molar-refractivity contribution in [1.82, 2.24) is 0 Å². The second-order valence-corrected chi connectivity index (χ2v) is 7.52. The van der Waals surface area contributed by atoms with Gasteiger partial charge in [-0.3, -0.25) is 0 Å². The number of hydrogen-bond donors (Lipinski definition) is 2. The van der Waals surface area contributed by atoms with Crippen LogP contribution in [0.1, 0.15) is 50.0 Å². The van der Waals surface area contributed by atoms with E-state index in [4.69, 9.17) is 39.4 Å². The molecule has 0 saturated heterocycles. The highest BCUT2D eigenvalue weighted by Crippen LogP contribution is 2.33. The first-order valence-corrected chi connectivity index (χ1v) is 9.28. The molecule has 136 valence electrons. The van der Waals surface area contributed by atoms with E-state index in [1.807, 2.05) is 62.4 Å². The second-order valence-electron chi connectivity index (χ2n) is 6.64. The number of nitrogens with two attached hydrogens (primary N) is 2. The first-order chi connectivity index (χ1) is 11.8. The summed E-state index contributed by atoms with van der Waals surface area (Å²) in [6, 6.07) is 15.5. The minimum absolute atomic E-state index is 0.0156. The van der Waals surface area contributed by atoms with Crippen LogP contribution in [0.25, 0.3) is 0 Å². The maximum atomic E-state index is 6.48. The molecule has 3 nitrogen and oxygen atoms in total. The summed E-state index contributed by atoms with van der Waals surface area (Å²) in [5.41, 5.74) is 14.2. The largest absolute Gasteiger partial charge is 0.365 e. The Labute approximate surface area is 160 Å². The molecule has 4 atom stereocenters. The van der Waals surface area contributed by atoms with Crippen molar-refractivity contribution in [2.45, 2.75) is 51.0 Å². The molecule has 4 unspecified atom stereocenters. The molecule has 2 aromatic rings. The Morgan fingerprint density at radius 2 is 1.04 bits per heavy atom. The molecule has 25 heavy (non-hydrogen) atoms. The molecular formula is C20H26Cl2N2O. The number of hydrogen-bond acceptors (Lipinski definition) is 3. The van der Waals surface area contributed by atoms with Crippen LogP contribution in [-0.4, -0.2) is 12.1 Å². The van der Waals surface area contributed by atoms with Gasteiger partial charge in [0.25, 0.3) is 0 Å². The van der Waals surface area contributed by atoms with Crippen molar-refractivity contribution in [3.63, 3.8) is 0 Å². The van der Waals surface area contributed by atoms with Crippen molar-refractivity contribution in [2.24, 2.45) is 11.5 Å². The van der Waals surface area contributed by atoms with Gasteiger partial charge in [0.15, 0.2) is 0 Å². The van der Waals surface area contributed by atoms with Crippen LogP contribution in [0.5, 0.6) is 0 Å². The molecule has 0 bridgehead atoms. The first-order valence-electron chi connectivity index (χ1n) is 8.52. The zero-order chi connectivity index (χ0) is 18.4. The quantitative estimate of drug-likeness (QED) is 0.655. The zero-order valence-electron chi connectivity index (χ0n) is 14.7. The molecule has 0 spiro atoms. The van der Waals surface area contributed by atoms with Crippen LogP contribution in [0.15, 0.2) is 48.5 Å². The summed E-state index contributed by atoms with van der Waals surface area (Å²) in [5.74, 6) is 0. The van der Waals surface area contributed by atoms with Crippen molar-refractivity contribution >= 4 is 23.2 Å². The molecule has 0 amide bonds. The monoisotopic (exact) mass is 380 g/mol. The van der Waals surface area contributed by atoms with Crippen LogP contribution in [-0.2, 0) is 4.74 Å². The molecule has 0 radical (unpaired) electrons. The summed E-state index contributed by atoms with van der Waals surface area (Å²) in [6.45, 7) is 3.96. The summed E-state index contributed by atoms with van der Waals surface area (Å²) < 4.78 is 6.48. The highest BCUT2D eigenvalue weighted by Gasteiger charge is 2.22. The molecule has 2 aromatic carbocycles. The maximum Gasteiger partial charge on any atom is 0.0848 e. The van der Waals surface area contributed by atoms with Crippen LogP contribution < -0.4 is 11.5 Å². The third kappa shape index (κ3) is 6.61. The van der Waals surface area contributed by atoms with Gasteiger partial charge in [-0.1, -0.05) is 47.5 Å². The van der Waals surface area contributed by atoms with Gasteiger partial charge in [0, 0.05) is 22.1 Å². The Kier molecular flexibility index (Phi) is 7.73. The van der Waals surface area contributed by atoms with E-state index >= 15 is 0 Å². The SMILES string of the molecule is CC(N)CC(OC(CC(C)N)c1ccc(Cl)cc1)c1ccc(Cl)cc1. The molecule has 0 aliphatic heterocycles. The van der Waals surface area contributed by atoms with E-state index in [0.29, 0.717) is 22.9 Å².